The molecule has 5 nitrogen and oxygen atoms in total. The fraction of sp³-hybridized carbons (Fsp3) is 0.448. The summed E-state index contributed by atoms with van der Waals surface area (Å²) in [6, 6.07) is 0.873. The number of nitrogens with zero attached hydrogens (tertiary/aromatic N) is 2. The van der Waals surface area contributed by atoms with Crippen molar-refractivity contribution in [3.63, 3.8) is 0 Å². The summed E-state index contributed by atoms with van der Waals surface area (Å²) in [6.07, 6.45) is -1.56. The average molecular weight is 585 g/mol. The maximum absolute atomic E-state index is 13.9. The highest BCUT2D eigenvalue weighted by Crippen LogP contribution is 2.44. The summed E-state index contributed by atoms with van der Waals surface area (Å²) in [5.74, 6) is -1.16. The number of amides is 1. The fourth-order valence-corrected chi connectivity index (χ4v) is 6.00. The number of carbonyl (C=O) groups is 1. The van der Waals surface area contributed by atoms with Gasteiger partial charge in [0.1, 0.15) is 6.17 Å². The number of ether oxygens (including phenoxy) is 1. The molecule has 1 fully saturated rings. The van der Waals surface area contributed by atoms with Crippen molar-refractivity contribution in [3.8, 4) is 0 Å². The Bertz CT molecular complexity index is 1330. The van der Waals surface area contributed by atoms with Gasteiger partial charge in [-0.1, -0.05) is 18.2 Å². The summed E-state index contributed by atoms with van der Waals surface area (Å²) in [5, 5.41) is 11.9. The van der Waals surface area contributed by atoms with E-state index in [0.717, 1.165) is 5.57 Å². The van der Waals surface area contributed by atoms with Crippen LogP contribution in [0.3, 0.4) is 0 Å². The molecule has 41 heavy (non-hydrogen) atoms. The number of alkyl halides is 7. The van der Waals surface area contributed by atoms with E-state index in [1.807, 2.05) is 0 Å². The molecule has 1 amide bonds. The van der Waals surface area contributed by atoms with Crippen LogP contribution in [0.25, 0.3) is 0 Å². The maximum Gasteiger partial charge on any atom is 0.416 e. The van der Waals surface area contributed by atoms with Gasteiger partial charge in [0, 0.05) is 31.0 Å². The first-order chi connectivity index (χ1) is 19.2. The Morgan fingerprint density at radius 2 is 1.76 bits per heavy atom. The lowest BCUT2D eigenvalue weighted by molar-refractivity contribution is -0.377. The normalized spacial score (nSPS) is 29.2. The third-order valence-corrected chi connectivity index (χ3v) is 7.99. The van der Waals surface area contributed by atoms with E-state index >= 15 is 0 Å². The van der Waals surface area contributed by atoms with Crippen LogP contribution >= 0.6 is 0 Å². The molecule has 0 saturated carbocycles. The minimum Gasteiger partial charge on any atom is -0.619 e. The highest BCUT2D eigenvalue weighted by molar-refractivity contribution is 5.91. The van der Waals surface area contributed by atoms with Gasteiger partial charge in [0.05, 0.1) is 29.3 Å². The Labute approximate surface area is 231 Å². The first kappa shape index (κ1) is 29.1. The molecule has 0 bridgehead atoms. The van der Waals surface area contributed by atoms with E-state index in [9.17, 15) is 40.7 Å². The van der Waals surface area contributed by atoms with Gasteiger partial charge < -0.3 is 14.8 Å². The topological polar surface area (TPSA) is 55.6 Å². The molecule has 5 rings (SSSR count). The lowest BCUT2D eigenvalue weighted by atomic mass is 9.79. The van der Waals surface area contributed by atoms with Crippen molar-refractivity contribution in [1.82, 2.24) is 4.90 Å². The van der Waals surface area contributed by atoms with Crippen LogP contribution in [-0.2, 0) is 21.9 Å². The second-order valence-electron chi connectivity index (χ2n) is 10.7. The van der Waals surface area contributed by atoms with Crippen LogP contribution in [0.1, 0.15) is 49.0 Å². The maximum atomic E-state index is 13.9. The van der Waals surface area contributed by atoms with E-state index in [2.05, 4.69) is 0 Å². The van der Waals surface area contributed by atoms with Crippen molar-refractivity contribution in [2.45, 2.75) is 63.0 Å². The van der Waals surface area contributed by atoms with Crippen molar-refractivity contribution >= 4 is 12.1 Å². The van der Waals surface area contributed by atoms with Crippen LogP contribution in [0.15, 0.2) is 65.9 Å². The summed E-state index contributed by atoms with van der Waals surface area (Å²) >= 11 is 0. The monoisotopic (exact) mass is 584 g/mol. The van der Waals surface area contributed by atoms with Crippen molar-refractivity contribution in [2.75, 3.05) is 6.54 Å². The van der Waals surface area contributed by atoms with E-state index in [0.29, 0.717) is 35.3 Å². The molecule has 6 atom stereocenters. The first-order valence-electron chi connectivity index (χ1n) is 13.2. The first-order valence-corrected chi connectivity index (χ1v) is 13.2. The molecule has 3 unspecified atom stereocenters. The summed E-state index contributed by atoms with van der Waals surface area (Å²) in [5.41, 5.74) is -1.79. The molecule has 0 N–H and O–H groups in total. The Kier molecular flexibility index (Phi) is 7.65. The number of fused-ring (bicyclic) bond motifs is 1. The van der Waals surface area contributed by atoms with Crippen molar-refractivity contribution < 1.29 is 45.0 Å². The molecule has 0 radical (unpaired) electrons. The summed E-state index contributed by atoms with van der Waals surface area (Å²) in [7, 11) is 0. The number of allylic oxidation sites excluding steroid dienone is 4. The summed E-state index contributed by atoms with van der Waals surface area (Å²) < 4.78 is 102. The van der Waals surface area contributed by atoms with Crippen LogP contribution in [0.2, 0.25) is 0 Å². The van der Waals surface area contributed by atoms with Crippen LogP contribution in [0.5, 0.6) is 0 Å². The van der Waals surface area contributed by atoms with Crippen LogP contribution in [-0.4, -0.2) is 46.6 Å². The predicted octanol–water partition coefficient (Wildman–Crippen LogP) is 6.67. The van der Waals surface area contributed by atoms with E-state index in [1.54, 1.807) is 23.1 Å². The van der Waals surface area contributed by atoms with Gasteiger partial charge in [0.25, 0.3) is 0 Å². The number of benzene rings is 1. The van der Waals surface area contributed by atoms with Crippen molar-refractivity contribution in [2.24, 2.45) is 11.8 Å². The fourth-order valence-electron chi connectivity index (χ4n) is 6.00. The molecule has 1 saturated heterocycles. The standard InChI is InChI=1S/C29H27F7N2O3/c1-16(19-9-21(28(31,32)33)13-22(10-19)29(34,35)36)41-25-15-38-24(27(25)17-4-6-23(30)7-5-17)11-20(12-26(38)39)18-3-2-8-37(40)14-18/h2,4-6,8-10,12-14,16,18,23-25,27H,3,7,11,15H2,1H3/t16-,18?,23?,24+,25+,27?/m1/s1. The zero-order valence-electron chi connectivity index (χ0n) is 21.8. The molecule has 220 valence electrons. The molecule has 0 spiro atoms. The third-order valence-electron chi connectivity index (χ3n) is 7.99. The van der Waals surface area contributed by atoms with Crippen LogP contribution in [0.4, 0.5) is 30.7 Å². The van der Waals surface area contributed by atoms with Crippen LogP contribution in [0, 0.1) is 17.0 Å². The van der Waals surface area contributed by atoms with Gasteiger partial charge in [-0.05, 0) is 60.8 Å². The van der Waals surface area contributed by atoms with Gasteiger partial charge in [0.2, 0.25) is 5.91 Å². The average Bonchev–Trinajstić information content (AvgIpc) is 3.26. The second-order valence-corrected chi connectivity index (χ2v) is 10.7. The quantitative estimate of drug-likeness (QED) is 0.221. The number of hydrogen-bond acceptors (Lipinski definition) is 3. The number of hydrogen-bond donors (Lipinski definition) is 0. The molecular formula is C29H27F7N2O3. The Hall–Kier alpha value is -3.41. The highest BCUT2D eigenvalue weighted by Gasteiger charge is 2.49. The van der Waals surface area contributed by atoms with Crippen molar-refractivity contribution in [3.05, 3.63) is 87.8 Å². The Balaban J connectivity index is 1.46. The Morgan fingerprint density at radius 3 is 2.34 bits per heavy atom. The van der Waals surface area contributed by atoms with Gasteiger partial charge in [0.15, 0.2) is 12.4 Å². The largest absolute Gasteiger partial charge is 0.619 e. The van der Waals surface area contributed by atoms with E-state index in [1.165, 1.54) is 31.5 Å². The lowest BCUT2D eigenvalue weighted by Crippen LogP contribution is -2.42. The molecule has 0 aromatic heterocycles. The zero-order chi connectivity index (χ0) is 29.7. The number of halogens is 7. The molecule has 1 aliphatic carbocycles. The predicted molar refractivity (Wildman–Crippen MR) is 135 cm³/mol. The smallest absolute Gasteiger partial charge is 0.416 e. The molecule has 3 heterocycles. The number of hydroxylamine groups is 1. The molecule has 12 heteroatoms. The van der Waals surface area contributed by atoms with Gasteiger partial charge in [-0.25, -0.2) is 4.39 Å². The van der Waals surface area contributed by atoms with Crippen molar-refractivity contribution in [1.29, 1.82) is 0 Å². The van der Waals surface area contributed by atoms with Gasteiger partial charge in [-0.3, -0.25) is 4.79 Å². The minimum absolute atomic E-state index is 0.0412. The second kappa shape index (κ2) is 10.8. The van der Waals surface area contributed by atoms with Gasteiger partial charge in [-0.15, -0.1) is 0 Å². The molecule has 1 aromatic rings. The minimum atomic E-state index is -5.01. The number of rotatable bonds is 5. The molecule has 1 aromatic carbocycles. The summed E-state index contributed by atoms with van der Waals surface area (Å²) in [6.45, 7) is 1.41. The highest BCUT2D eigenvalue weighted by atomic mass is 19.4. The van der Waals surface area contributed by atoms with E-state index < -0.39 is 53.8 Å². The zero-order valence-corrected chi connectivity index (χ0v) is 21.8. The molecule has 3 aliphatic heterocycles. The lowest BCUT2D eigenvalue weighted by Gasteiger charge is -2.35. The SMILES string of the molecule is C[C@@H](O[C@H]1CN2C(=O)C=C(C3C=[N+]([O-])C=CC3)C[C@H]2C1C1=CCC(F)C=C1)c1cc(C(F)(F)F)cc(C(F)(F)F)c1. The van der Waals surface area contributed by atoms with E-state index in [4.69, 9.17) is 4.74 Å². The molecule has 4 aliphatic rings. The number of carbonyl (C=O) groups excluding carboxylic acids is 1. The Morgan fingerprint density at radius 1 is 1.07 bits per heavy atom. The third kappa shape index (κ3) is 6.12. The van der Waals surface area contributed by atoms with Gasteiger partial charge >= 0.3 is 12.4 Å². The van der Waals surface area contributed by atoms with Crippen LogP contribution < -0.4 is 0 Å². The van der Waals surface area contributed by atoms with E-state index in [-0.39, 0.29) is 36.4 Å². The van der Waals surface area contributed by atoms with Gasteiger partial charge in [-0.2, -0.15) is 31.1 Å². The molecular weight excluding hydrogens is 557 g/mol. The summed E-state index contributed by atoms with van der Waals surface area (Å²) in [4.78, 5) is 14.8.